The third-order valence-corrected chi connectivity index (χ3v) is 10.5. The van der Waals surface area contributed by atoms with Gasteiger partial charge in [0.25, 0.3) is 0 Å². The molecule has 2 aromatic rings. The maximum atomic E-state index is 12.8. The van der Waals surface area contributed by atoms with Crippen molar-refractivity contribution in [2.75, 3.05) is 53.4 Å². The molecular weight excluding hydrogens is 612 g/mol. The molecule has 4 aliphatic rings. The van der Waals surface area contributed by atoms with E-state index in [1.165, 1.54) is 18.4 Å². The standard InChI is InChI=1S/C23H36N2O3.C18H28N2O/c1-17-9-10-21(25(16-17)22(26)28-23(2,3)4)18-7-6-8-20(15-18)27-19-11-13-24(5)14-12-19;1-14-6-7-18(19-13-14)15-4-3-5-17(12-15)21-16-8-10-20(2)11-9-16/h6-8,15,17,19,21H,9-14,16H2,1-5H3;3-5,12,14,16,18-19H,6-11,13H2,1-2H3/t17-,21+;14-,18+/m00/s1. The van der Waals surface area contributed by atoms with Crippen molar-refractivity contribution in [2.45, 2.75) is 116 Å². The fourth-order valence-corrected chi connectivity index (χ4v) is 7.49. The third kappa shape index (κ3) is 11.6. The Hall–Kier alpha value is -2.81. The molecule has 8 nitrogen and oxygen atoms in total. The second-order valence-corrected chi connectivity index (χ2v) is 16.4. The van der Waals surface area contributed by atoms with Gasteiger partial charge in [0, 0.05) is 38.8 Å². The number of likely N-dealkylation sites (tertiary alicyclic amines) is 3. The number of nitrogens with one attached hydrogen (secondary N) is 1. The highest BCUT2D eigenvalue weighted by molar-refractivity contribution is 5.69. The van der Waals surface area contributed by atoms with Crippen LogP contribution in [0.2, 0.25) is 0 Å². The Balaban J connectivity index is 0.000000199. The summed E-state index contributed by atoms with van der Waals surface area (Å²) in [6.07, 6.45) is 9.47. The summed E-state index contributed by atoms with van der Waals surface area (Å²) in [4.78, 5) is 19.5. The second-order valence-electron chi connectivity index (χ2n) is 16.4. The monoisotopic (exact) mass is 676 g/mol. The number of hydrogen-bond donors (Lipinski definition) is 1. The minimum atomic E-state index is -0.485. The van der Waals surface area contributed by atoms with Crippen LogP contribution in [0.3, 0.4) is 0 Å². The van der Waals surface area contributed by atoms with Gasteiger partial charge in [-0.1, -0.05) is 38.1 Å². The van der Waals surface area contributed by atoms with E-state index in [9.17, 15) is 4.79 Å². The molecule has 0 saturated carbocycles. The van der Waals surface area contributed by atoms with Gasteiger partial charge < -0.3 is 34.2 Å². The number of amides is 1. The molecular formula is C41H64N4O4. The van der Waals surface area contributed by atoms with E-state index < -0.39 is 5.60 Å². The number of nitrogens with zero attached hydrogens (tertiary/aromatic N) is 3. The highest BCUT2D eigenvalue weighted by Gasteiger charge is 2.34. The van der Waals surface area contributed by atoms with Gasteiger partial charge in [-0.2, -0.15) is 0 Å². The average Bonchev–Trinajstić information content (AvgIpc) is 3.07. The first-order chi connectivity index (χ1) is 23.4. The zero-order valence-electron chi connectivity index (χ0n) is 31.5. The van der Waals surface area contributed by atoms with E-state index in [1.807, 2.05) is 37.8 Å². The van der Waals surface area contributed by atoms with Crippen LogP contribution in [0.1, 0.15) is 109 Å². The van der Waals surface area contributed by atoms with E-state index in [0.717, 1.165) is 101 Å². The Bertz CT molecular complexity index is 1310. The lowest BCUT2D eigenvalue weighted by Crippen LogP contribution is -2.44. The SMILES string of the molecule is C[C@H]1CC[C@H](c2cccc(OC3CCN(C)CC3)c2)N(C(=O)OC(C)(C)C)C1.C[C@H]1CC[C@H](c2cccc(OC3CCN(C)CC3)c2)NC1. The number of piperidine rings is 4. The van der Waals surface area contributed by atoms with Crippen molar-refractivity contribution in [3.63, 3.8) is 0 Å². The molecule has 272 valence electrons. The maximum Gasteiger partial charge on any atom is 0.410 e. The predicted molar refractivity (Wildman–Crippen MR) is 198 cm³/mol. The van der Waals surface area contributed by atoms with Crippen molar-refractivity contribution >= 4 is 6.09 Å². The molecule has 4 fully saturated rings. The summed E-state index contributed by atoms with van der Waals surface area (Å²) in [6.45, 7) is 16.6. The van der Waals surface area contributed by atoms with Gasteiger partial charge in [-0.25, -0.2) is 4.79 Å². The lowest BCUT2D eigenvalue weighted by molar-refractivity contribution is 0.00356. The van der Waals surface area contributed by atoms with Gasteiger partial charge in [-0.3, -0.25) is 0 Å². The van der Waals surface area contributed by atoms with Crippen LogP contribution in [0.5, 0.6) is 11.5 Å². The van der Waals surface area contributed by atoms with Gasteiger partial charge in [0.2, 0.25) is 0 Å². The minimum Gasteiger partial charge on any atom is -0.490 e. The van der Waals surface area contributed by atoms with Gasteiger partial charge in [0.1, 0.15) is 29.3 Å². The van der Waals surface area contributed by atoms with Gasteiger partial charge in [0.15, 0.2) is 0 Å². The van der Waals surface area contributed by atoms with Crippen molar-refractivity contribution in [3.05, 3.63) is 59.7 Å². The Morgan fingerprint density at radius 3 is 1.78 bits per heavy atom. The molecule has 0 unspecified atom stereocenters. The largest absolute Gasteiger partial charge is 0.490 e. The Labute approximate surface area is 296 Å². The van der Waals surface area contributed by atoms with Crippen LogP contribution in [-0.4, -0.2) is 92.0 Å². The van der Waals surface area contributed by atoms with Gasteiger partial charge >= 0.3 is 6.09 Å². The van der Waals surface area contributed by atoms with Crippen LogP contribution in [-0.2, 0) is 4.74 Å². The number of carbonyl (C=O) groups is 1. The van der Waals surface area contributed by atoms with Gasteiger partial charge in [-0.15, -0.1) is 0 Å². The van der Waals surface area contributed by atoms with Crippen molar-refractivity contribution in [3.8, 4) is 11.5 Å². The first kappa shape index (κ1) is 37.4. The fourth-order valence-electron chi connectivity index (χ4n) is 7.49. The second kappa shape index (κ2) is 17.4. The Morgan fingerprint density at radius 2 is 1.24 bits per heavy atom. The molecule has 4 atom stereocenters. The summed E-state index contributed by atoms with van der Waals surface area (Å²) in [5.74, 6) is 3.25. The first-order valence-corrected chi connectivity index (χ1v) is 19.0. The molecule has 4 aliphatic heterocycles. The van der Waals surface area contributed by atoms with Crippen LogP contribution >= 0.6 is 0 Å². The lowest BCUT2D eigenvalue weighted by atomic mass is 9.90. The quantitative estimate of drug-likeness (QED) is 0.332. The molecule has 4 heterocycles. The van der Waals surface area contributed by atoms with Crippen molar-refractivity contribution in [2.24, 2.45) is 11.8 Å². The van der Waals surface area contributed by atoms with Crippen LogP contribution in [0.25, 0.3) is 0 Å². The summed E-state index contributed by atoms with van der Waals surface area (Å²) in [6, 6.07) is 17.6. The molecule has 0 aliphatic carbocycles. The zero-order chi connectivity index (χ0) is 35.0. The predicted octanol–water partition coefficient (Wildman–Crippen LogP) is 8.09. The normalized spacial score (nSPS) is 26.4. The molecule has 0 spiro atoms. The number of hydrogen-bond acceptors (Lipinski definition) is 7. The molecule has 8 heteroatoms. The topological polar surface area (TPSA) is 66.5 Å². The Morgan fingerprint density at radius 1 is 0.714 bits per heavy atom. The van der Waals surface area contributed by atoms with Crippen LogP contribution in [0.4, 0.5) is 4.79 Å². The highest BCUT2D eigenvalue weighted by Crippen LogP contribution is 2.36. The summed E-state index contributed by atoms with van der Waals surface area (Å²) in [7, 11) is 4.35. The smallest absolute Gasteiger partial charge is 0.410 e. The van der Waals surface area contributed by atoms with Gasteiger partial charge in [-0.05, 0) is 140 Å². The number of ether oxygens (including phenoxy) is 3. The summed E-state index contributed by atoms with van der Waals surface area (Å²) < 4.78 is 18.2. The minimum absolute atomic E-state index is 0.0482. The van der Waals surface area contributed by atoms with Gasteiger partial charge in [0.05, 0.1) is 6.04 Å². The van der Waals surface area contributed by atoms with Crippen molar-refractivity contribution in [1.29, 1.82) is 0 Å². The molecule has 4 saturated heterocycles. The fraction of sp³-hybridized carbons (Fsp3) is 0.683. The van der Waals surface area contributed by atoms with Crippen LogP contribution in [0.15, 0.2) is 48.5 Å². The molecule has 1 amide bonds. The summed E-state index contributed by atoms with van der Waals surface area (Å²) in [5, 5.41) is 3.66. The lowest BCUT2D eigenvalue weighted by Gasteiger charge is -2.39. The van der Waals surface area contributed by atoms with E-state index in [0.29, 0.717) is 18.1 Å². The Kier molecular flexibility index (Phi) is 13.3. The summed E-state index contributed by atoms with van der Waals surface area (Å²) in [5.41, 5.74) is 2.04. The third-order valence-electron chi connectivity index (χ3n) is 10.5. The molecule has 0 bridgehead atoms. The number of rotatable bonds is 6. The zero-order valence-corrected chi connectivity index (χ0v) is 31.5. The van der Waals surface area contributed by atoms with E-state index in [2.05, 4.69) is 79.5 Å². The molecule has 49 heavy (non-hydrogen) atoms. The van der Waals surface area contributed by atoms with Crippen molar-refractivity contribution < 1.29 is 19.0 Å². The molecule has 2 aromatic carbocycles. The van der Waals surface area contributed by atoms with Crippen LogP contribution in [0, 0.1) is 11.8 Å². The maximum absolute atomic E-state index is 12.8. The molecule has 6 rings (SSSR count). The average molecular weight is 677 g/mol. The van der Waals surface area contributed by atoms with E-state index in [1.54, 1.807) is 0 Å². The number of benzene rings is 2. The summed E-state index contributed by atoms with van der Waals surface area (Å²) >= 11 is 0. The van der Waals surface area contributed by atoms with E-state index in [4.69, 9.17) is 14.2 Å². The van der Waals surface area contributed by atoms with E-state index >= 15 is 0 Å². The van der Waals surface area contributed by atoms with E-state index in [-0.39, 0.29) is 18.2 Å². The highest BCUT2D eigenvalue weighted by atomic mass is 16.6. The molecule has 0 radical (unpaired) electrons. The number of carbonyl (C=O) groups excluding carboxylic acids is 1. The van der Waals surface area contributed by atoms with Crippen molar-refractivity contribution in [1.82, 2.24) is 20.0 Å². The molecule has 0 aromatic heterocycles. The van der Waals surface area contributed by atoms with Crippen LogP contribution < -0.4 is 14.8 Å². The first-order valence-electron chi connectivity index (χ1n) is 19.0. The molecule has 1 N–H and O–H groups in total.